The van der Waals surface area contributed by atoms with Crippen molar-refractivity contribution in [3.05, 3.63) is 21.4 Å². The van der Waals surface area contributed by atoms with Crippen molar-refractivity contribution in [2.45, 2.75) is 40.8 Å². The molecule has 0 bridgehead atoms. The van der Waals surface area contributed by atoms with Gasteiger partial charge in [0.2, 0.25) is 0 Å². The first-order chi connectivity index (χ1) is 9.06. The molecule has 1 N–H and O–H groups in total. The van der Waals surface area contributed by atoms with Gasteiger partial charge in [0, 0.05) is 22.8 Å². The van der Waals surface area contributed by atoms with Crippen LogP contribution in [-0.4, -0.2) is 24.5 Å². The van der Waals surface area contributed by atoms with Gasteiger partial charge in [0.05, 0.1) is 6.54 Å². The van der Waals surface area contributed by atoms with Crippen LogP contribution in [0.4, 0.5) is 0 Å². The molecule has 1 aromatic rings. The smallest absolute Gasteiger partial charge is 0.0601 e. The number of hydrogen-bond acceptors (Lipinski definition) is 3. The molecule has 0 saturated carbocycles. The molecule has 1 heterocycles. The molecule has 0 amide bonds. The maximum absolute atomic E-state index is 5.40. The summed E-state index contributed by atoms with van der Waals surface area (Å²) in [6.07, 6.45) is 5.40. The van der Waals surface area contributed by atoms with Crippen LogP contribution in [0, 0.1) is 25.2 Å². The molecular weight excluding hydrogens is 252 g/mol. The third-order valence-corrected chi connectivity index (χ3v) is 4.17. The number of thiophene rings is 1. The fourth-order valence-electron chi connectivity index (χ4n) is 1.97. The molecule has 0 spiro atoms. The molecule has 1 rings (SSSR count). The maximum atomic E-state index is 5.40. The molecular formula is C16H26N2S. The molecule has 0 radical (unpaired) electrons. The highest BCUT2D eigenvalue weighted by Crippen LogP contribution is 2.22. The van der Waals surface area contributed by atoms with Crippen molar-refractivity contribution in [1.29, 1.82) is 0 Å². The summed E-state index contributed by atoms with van der Waals surface area (Å²) in [6.45, 7) is 13.6. The highest BCUT2D eigenvalue weighted by molar-refractivity contribution is 7.12. The Morgan fingerprint density at radius 1 is 1.47 bits per heavy atom. The largest absolute Gasteiger partial charge is 0.312 e. The topological polar surface area (TPSA) is 15.3 Å². The van der Waals surface area contributed by atoms with E-state index in [-0.39, 0.29) is 0 Å². The summed E-state index contributed by atoms with van der Waals surface area (Å²) < 4.78 is 0. The normalized spacial score (nSPS) is 11.2. The lowest BCUT2D eigenvalue weighted by Crippen LogP contribution is -2.23. The molecule has 106 valence electrons. The minimum atomic E-state index is 0.701. The van der Waals surface area contributed by atoms with Gasteiger partial charge in [-0.3, -0.25) is 4.90 Å². The second kappa shape index (κ2) is 8.37. The van der Waals surface area contributed by atoms with Gasteiger partial charge in [0.1, 0.15) is 0 Å². The molecule has 2 nitrogen and oxygen atoms in total. The summed E-state index contributed by atoms with van der Waals surface area (Å²) in [5, 5.41) is 3.50. The molecule has 0 unspecified atom stereocenters. The number of nitrogens with one attached hydrogen (secondary N) is 1. The number of rotatable bonds is 8. The van der Waals surface area contributed by atoms with Gasteiger partial charge in [-0.2, -0.15) is 0 Å². The minimum Gasteiger partial charge on any atom is -0.312 e. The number of aryl methyl sites for hydroxylation is 1. The molecule has 3 heteroatoms. The van der Waals surface area contributed by atoms with Crippen LogP contribution in [0.15, 0.2) is 6.07 Å². The zero-order chi connectivity index (χ0) is 14.3. The van der Waals surface area contributed by atoms with Crippen molar-refractivity contribution >= 4 is 11.3 Å². The zero-order valence-corrected chi connectivity index (χ0v) is 13.4. The fraction of sp³-hybridized carbons (Fsp3) is 0.625. The third kappa shape index (κ3) is 5.78. The number of hydrogen-bond donors (Lipinski definition) is 1. The lowest BCUT2D eigenvalue weighted by atomic mass is 10.2. The van der Waals surface area contributed by atoms with Gasteiger partial charge in [0.25, 0.3) is 0 Å². The average molecular weight is 278 g/mol. The summed E-state index contributed by atoms with van der Waals surface area (Å²) in [5.41, 5.74) is 1.42. The van der Waals surface area contributed by atoms with E-state index in [1.165, 1.54) is 15.3 Å². The first kappa shape index (κ1) is 16.2. The highest BCUT2D eigenvalue weighted by Gasteiger charge is 2.09. The standard InChI is InChI=1S/C16H26N2S/c1-6-8-18(7-2)12-15-9-16(19-14(15)5)11-17-10-13(3)4/h1,9,13,17H,7-8,10-12H2,2-5H3. The molecule has 0 aromatic carbocycles. The molecule has 0 fully saturated rings. The van der Waals surface area contributed by atoms with E-state index in [9.17, 15) is 0 Å². The van der Waals surface area contributed by atoms with Gasteiger partial charge in [-0.1, -0.05) is 26.7 Å². The van der Waals surface area contributed by atoms with E-state index < -0.39 is 0 Å². The summed E-state index contributed by atoms with van der Waals surface area (Å²) in [7, 11) is 0. The summed E-state index contributed by atoms with van der Waals surface area (Å²) >= 11 is 1.90. The van der Waals surface area contributed by atoms with Crippen molar-refractivity contribution in [3.63, 3.8) is 0 Å². The first-order valence-corrected chi connectivity index (χ1v) is 7.83. The lowest BCUT2D eigenvalue weighted by Gasteiger charge is -2.16. The maximum Gasteiger partial charge on any atom is 0.0601 e. The minimum absolute atomic E-state index is 0.701. The molecule has 1 aromatic heterocycles. The van der Waals surface area contributed by atoms with Crippen LogP contribution in [0.2, 0.25) is 0 Å². The number of terminal acetylenes is 1. The van der Waals surface area contributed by atoms with E-state index in [0.717, 1.165) is 32.7 Å². The molecule has 19 heavy (non-hydrogen) atoms. The van der Waals surface area contributed by atoms with Crippen molar-refractivity contribution in [2.24, 2.45) is 5.92 Å². The molecule has 0 aliphatic heterocycles. The van der Waals surface area contributed by atoms with E-state index in [1.807, 2.05) is 11.3 Å². The summed E-state index contributed by atoms with van der Waals surface area (Å²) in [4.78, 5) is 5.13. The van der Waals surface area contributed by atoms with E-state index in [1.54, 1.807) is 0 Å². The fourth-order valence-corrected chi connectivity index (χ4v) is 2.99. The highest BCUT2D eigenvalue weighted by atomic mass is 32.1. The van der Waals surface area contributed by atoms with Crippen molar-refractivity contribution < 1.29 is 0 Å². The van der Waals surface area contributed by atoms with Crippen LogP contribution in [0.25, 0.3) is 0 Å². The van der Waals surface area contributed by atoms with Gasteiger partial charge >= 0.3 is 0 Å². The van der Waals surface area contributed by atoms with Gasteiger partial charge in [-0.05, 0) is 37.6 Å². The SMILES string of the molecule is C#CCN(CC)Cc1cc(CNCC(C)C)sc1C. The van der Waals surface area contributed by atoms with E-state index >= 15 is 0 Å². The van der Waals surface area contributed by atoms with Gasteiger partial charge in [-0.15, -0.1) is 17.8 Å². The summed E-state index contributed by atoms with van der Waals surface area (Å²) in [5.74, 6) is 3.43. The Bertz CT molecular complexity index is 415. The van der Waals surface area contributed by atoms with Gasteiger partial charge in [-0.25, -0.2) is 0 Å². The Labute approximate surface area is 122 Å². The monoisotopic (exact) mass is 278 g/mol. The van der Waals surface area contributed by atoms with Crippen LogP contribution >= 0.6 is 11.3 Å². The van der Waals surface area contributed by atoms with E-state index in [2.05, 4.69) is 49.9 Å². The molecule has 0 aliphatic rings. The van der Waals surface area contributed by atoms with Crippen LogP contribution in [0.1, 0.15) is 36.1 Å². The second-order valence-electron chi connectivity index (χ2n) is 5.33. The van der Waals surface area contributed by atoms with Crippen LogP contribution < -0.4 is 5.32 Å². The van der Waals surface area contributed by atoms with Crippen LogP contribution in [0.3, 0.4) is 0 Å². The van der Waals surface area contributed by atoms with Crippen molar-refractivity contribution in [1.82, 2.24) is 10.2 Å². The quantitative estimate of drug-likeness (QED) is 0.734. The molecule has 0 aliphatic carbocycles. The van der Waals surface area contributed by atoms with Gasteiger partial charge in [0.15, 0.2) is 0 Å². The predicted octanol–water partition coefficient (Wildman–Crippen LogP) is 3.26. The van der Waals surface area contributed by atoms with Crippen LogP contribution in [0.5, 0.6) is 0 Å². The Balaban J connectivity index is 2.56. The van der Waals surface area contributed by atoms with Crippen molar-refractivity contribution in [2.75, 3.05) is 19.6 Å². The number of nitrogens with zero attached hydrogens (tertiary/aromatic N) is 1. The van der Waals surface area contributed by atoms with Gasteiger partial charge < -0.3 is 5.32 Å². The average Bonchev–Trinajstić information content (AvgIpc) is 2.69. The second-order valence-corrected chi connectivity index (χ2v) is 6.67. The van der Waals surface area contributed by atoms with Crippen LogP contribution in [-0.2, 0) is 13.1 Å². The lowest BCUT2D eigenvalue weighted by molar-refractivity contribution is 0.316. The molecule has 0 atom stereocenters. The first-order valence-electron chi connectivity index (χ1n) is 7.01. The summed E-state index contributed by atoms with van der Waals surface area (Å²) in [6, 6.07) is 2.33. The Kier molecular flexibility index (Phi) is 7.15. The Morgan fingerprint density at radius 3 is 2.79 bits per heavy atom. The van der Waals surface area contributed by atoms with E-state index in [0.29, 0.717) is 5.92 Å². The predicted molar refractivity (Wildman–Crippen MR) is 85.4 cm³/mol. The van der Waals surface area contributed by atoms with Crippen molar-refractivity contribution in [3.8, 4) is 12.3 Å². The Hall–Kier alpha value is -0.820. The Morgan fingerprint density at radius 2 is 2.21 bits per heavy atom. The molecule has 0 saturated heterocycles. The van der Waals surface area contributed by atoms with E-state index in [4.69, 9.17) is 6.42 Å². The third-order valence-electron chi connectivity index (χ3n) is 3.08. The zero-order valence-electron chi connectivity index (χ0n) is 12.6.